The number of halogens is 1. The number of carbonyl (C=O) groups excluding carboxylic acids is 1. The highest BCUT2D eigenvalue weighted by Crippen LogP contribution is 2.26. The molecule has 2 aromatic rings. The van der Waals surface area contributed by atoms with Gasteiger partial charge in [-0.25, -0.2) is 0 Å². The summed E-state index contributed by atoms with van der Waals surface area (Å²) in [5.74, 6) is 0.145. The van der Waals surface area contributed by atoms with Gasteiger partial charge >= 0.3 is 0 Å². The van der Waals surface area contributed by atoms with Gasteiger partial charge in [-0.3, -0.25) is 4.79 Å². The molecule has 0 saturated carbocycles. The first kappa shape index (κ1) is 18.5. The largest absolute Gasteiger partial charge is 0.371 e. The molecule has 0 radical (unpaired) electrons. The van der Waals surface area contributed by atoms with E-state index in [0.29, 0.717) is 11.4 Å². The second-order valence-electron chi connectivity index (χ2n) is 7.74. The lowest BCUT2D eigenvalue weighted by atomic mass is 10.0. The van der Waals surface area contributed by atoms with Crippen molar-refractivity contribution >= 4 is 23.1 Å². The first-order chi connectivity index (χ1) is 13.2. The highest BCUT2D eigenvalue weighted by atomic mass is 35.5. The van der Waals surface area contributed by atoms with Gasteiger partial charge in [-0.05, 0) is 68.6 Å². The van der Waals surface area contributed by atoms with E-state index in [-0.39, 0.29) is 5.78 Å². The van der Waals surface area contributed by atoms with Crippen molar-refractivity contribution in [3.05, 3.63) is 64.7 Å². The van der Waals surface area contributed by atoms with E-state index in [1.807, 2.05) is 36.4 Å². The molecular weight excluding hydrogens is 356 g/mol. The highest BCUT2D eigenvalue weighted by molar-refractivity contribution is 6.30. The van der Waals surface area contributed by atoms with E-state index >= 15 is 0 Å². The molecule has 0 aromatic heterocycles. The third-order valence-electron chi connectivity index (χ3n) is 5.91. The smallest absolute Gasteiger partial charge is 0.167 e. The maximum atomic E-state index is 12.7. The Morgan fingerprint density at radius 3 is 2.44 bits per heavy atom. The first-order valence-electron chi connectivity index (χ1n) is 10.1. The van der Waals surface area contributed by atoms with Crippen molar-refractivity contribution in [2.75, 3.05) is 31.1 Å². The minimum Gasteiger partial charge on any atom is -0.371 e. The van der Waals surface area contributed by atoms with Crippen LogP contribution >= 0.6 is 11.6 Å². The molecular formula is C23H27ClN2O. The van der Waals surface area contributed by atoms with Gasteiger partial charge < -0.3 is 9.80 Å². The summed E-state index contributed by atoms with van der Waals surface area (Å²) < 4.78 is 0. The SMILES string of the molecule is O=C(Cc1cccc(Cl)c1)c1cccc(N2CCC(N3CCCC3)CC2)c1. The van der Waals surface area contributed by atoms with E-state index in [4.69, 9.17) is 11.6 Å². The number of nitrogens with zero attached hydrogens (tertiary/aromatic N) is 2. The molecule has 0 aliphatic carbocycles. The van der Waals surface area contributed by atoms with E-state index in [1.54, 1.807) is 0 Å². The number of likely N-dealkylation sites (tertiary alicyclic amines) is 1. The van der Waals surface area contributed by atoms with Gasteiger partial charge in [0.25, 0.3) is 0 Å². The number of Topliss-reactive ketones (excluding diaryl/α,β-unsaturated/α-hetero) is 1. The van der Waals surface area contributed by atoms with Gasteiger partial charge in [0.1, 0.15) is 0 Å². The Morgan fingerprint density at radius 2 is 1.70 bits per heavy atom. The Kier molecular flexibility index (Phi) is 5.80. The molecule has 2 fully saturated rings. The van der Waals surface area contributed by atoms with Gasteiger partial charge in [-0.15, -0.1) is 0 Å². The molecule has 27 heavy (non-hydrogen) atoms. The molecule has 2 aromatic carbocycles. The molecule has 0 bridgehead atoms. The van der Waals surface area contributed by atoms with Crippen LogP contribution in [0.15, 0.2) is 48.5 Å². The summed E-state index contributed by atoms with van der Waals surface area (Å²) in [6.07, 6.45) is 5.55. The summed E-state index contributed by atoms with van der Waals surface area (Å²) in [5, 5.41) is 0.676. The minimum absolute atomic E-state index is 0.145. The van der Waals surface area contributed by atoms with E-state index < -0.39 is 0 Å². The van der Waals surface area contributed by atoms with Crippen molar-refractivity contribution in [2.24, 2.45) is 0 Å². The van der Waals surface area contributed by atoms with Crippen LogP contribution in [0.4, 0.5) is 5.69 Å². The molecule has 0 unspecified atom stereocenters. The second-order valence-corrected chi connectivity index (χ2v) is 8.18. The third-order valence-corrected chi connectivity index (χ3v) is 6.14. The van der Waals surface area contributed by atoms with Gasteiger partial charge in [0, 0.05) is 41.8 Å². The normalized spacial score (nSPS) is 18.8. The lowest BCUT2D eigenvalue weighted by Gasteiger charge is -2.37. The van der Waals surface area contributed by atoms with Crippen molar-refractivity contribution in [2.45, 2.75) is 38.1 Å². The summed E-state index contributed by atoms with van der Waals surface area (Å²) in [7, 11) is 0. The number of hydrogen-bond acceptors (Lipinski definition) is 3. The summed E-state index contributed by atoms with van der Waals surface area (Å²) in [5.41, 5.74) is 2.92. The van der Waals surface area contributed by atoms with Gasteiger partial charge in [0.15, 0.2) is 5.78 Å². The molecule has 2 aliphatic heterocycles. The van der Waals surface area contributed by atoms with Gasteiger partial charge in [0.2, 0.25) is 0 Å². The minimum atomic E-state index is 0.145. The summed E-state index contributed by atoms with van der Waals surface area (Å²) in [4.78, 5) is 17.8. The molecule has 2 heterocycles. The fourth-order valence-corrected chi connectivity index (χ4v) is 4.62. The Labute approximate surface area is 166 Å². The summed E-state index contributed by atoms with van der Waals surface area (Å²) >= 11 is 6.04. The second kappa shape index (κ2) is 8.45. The molecule has 4 rings (SSSR count). The van der Waals surface area contributed by atoms with Crippen LogP contribution in [-0.4, -0.2) is 42.9 Å². The fraction of sp³-hybridized carbons (Fsp3) is 0.435. The number of piperidine rings is 1. The van der Waals surface area contributed by atoms with Crippen LogP contribution in [0.3, 0.4) is 0 Å². The number of rotatable bonds is 5. The van der Waals surface area contributed by atoms with E-state index in [2.05, 4.69) is 21.9 Å². The average molecular weight is 383 g/mol. The monoisotopic (exact) mass is 382 g/mol. The van der Waals surface area contributed by atoms with Crippen molar-refractivity contribution < 1.29 is 4.79 Å². The number of benzene rings is 2. The van der Waals surface area contributed by atoms with E-state index in [9.17, 15) is 4.79 Å². The Balaban J connectivity index is 1.39. The van der Waals surface area contributed by atoms with Crippen LogP contribution in [0.2, 0.25) is 5.02 Å². The lowest BCUT2D eigenvalue weighted by molar-refractivity contribution is 0.0993. The summed E-state index contributed by atoms with van der Waals surface area (Å²) in [6.45, 7) is 4.70. The topological polar surface area (TPSA) is 23.6 Å². The van der Waals surface area contributed by atoms with Crippen molar-refractivity contribution in [1.82, 2.24) is 4.90 Å². The van der Waals surface area contributed by atoms with Gasteiger partial charge in [-0.2, -0.15) is 0 Å². The maximum Gasteiger partial charge on any atom is 0.167 e. The van der Waals surface area contributed by atoms with Crippen LogP contribution in [0, 0.1) is 0 Å². The van der Waals surface area contributed by atoms with Crippen molar-refractivity contribution in [1.29, 1.82) is 0 Å². The Hall–Kier alpha value is -1.84. The molecule has 2 aliphatic rings. The van der Waals surface area contributed by atoms with Gasteiger partial charge in [0.05, 0.1) is 0 Å². The zero-order valence-electron chi connectivity index (χ0n) is 15.7. The molecule has 2 saturated heterocycles. The number of ketones is 1. The van der Waals surface area contributed by atoms with Crippen molar-refractivity contribution in [3.63, 3.8) is 0 Å². The van der Waals surface area contributed by atoms with Crippen LogP contribution in [-0.2, 0) is 6.42 Å². The average Bonchev–Trinajstić information content (AvgIpc) is 3.23. The fourth-order valence-electron chi connectivity index (χ4n) is 4.41. The van der Waals surface area contributed by atoms with Crippen LogP contribution in [0.1, 0.15) is 41.6 Å². The molecule has 0 N–H and O–H groups in total. The molecule has 0 amide bonds. The Bertz CT molecular complexity index is 792. The standard InChI is InChI=1S/C23H27ClN2O/c24-20-7-3-5-18(15-20)16-23(27)19-6-4-8-22(17-19)26-13-9-21(10-14-26)25-11-1-2-12-25/h3-8,15,17,21H,1-2,9-14,16H2. The number of carbonyl (C=O) groups is 1. The molecule has 142 valence electrons. The lowest BCUT2D eigenvalue weighted by Crippen LogP contribution is -2.43. The predicted octanol–water partition coefficient (Wildman–Crippen LogP) is 4.83. The van der Waals surface area contributed by atoms with E-state index in [1.165, 1.54) is 44.5 Å². The van der Waals surface area contributed by atoms with Crippen LogP contribution in [0.5, 0.6) is 0 Å². The number of anilines is 1. The third kappa shape index (κ3) is 4.53. The number of hydrogen-bond donors (Lipinski definition) is 0. The first-order valence-corrected chi connectivity index (χ1v) is 10.4. The van der Waals surface area contributed by atoms with E-state index in [0.717, 1.165) is 30.3 Å². The van der Waals surface area contributed by atoms with Crippen molar-refractivity contribution in [3.8, 4) is 0 Å². The highest BCUT2D eigenvalue weighted by Gasteiger charge is 2.26. The molecule has 3 nitrogen and oxygen atoms in total. The zero-order valence-corrected chi connectivity index (χ0v) is 16.5. The molecule has 4 heteroatoms. The van der Waals surface area contributed by atoms with Gasteiger partial charge in [-0.1, -0.05) is 35.9 Å². The Morgan fingerprint density at radius 1 is 0.963 bits per heavy atom. The molecule has 0 atom stereocenters. The van der Waals surface area contributed by atoms with Crippen LogP contribution < -0.4 is 4.90 Å². The maximum absolute atomic E-state index is 12.7. The zero-order chi connectivity index (χ0) is 18.6. The molecule has 0 spiro atoms. The predicted molar refractivity (Wildman–Crippen MR) is 112 cm³/mol. The quantitative estimate of drug-likeness (QED) is 0.692. The van der Waals surface area contributed by atoms with Crippen LogP contribution in [0.25, 0.3) is 0 Å². The summed E-state index contributed by atoms with van der Waals surface area (Å²) in [6, 6.07) is 16.4.